The summed E-state index contributed by atoms with van der Waals surface area (Å²) in [5.41, 5.74) is 3.74. The molecule has 2 heteroatoms. The van der Waals surface area contributed by atoms with Crippen LogP contribution in [0.25, 0.3) is 0 Å². The third-order valence-electron chi connectivity index (χ3n) is 3.66. The van der Waals surface area contributed by atoms with E-state index in [1.165, 1.54) is 38.5 Å². The molecule has 0 aromatic rings. The average molecular weight is 212 g/mol. The first-order chi connectivity index (χ1) is 7.19. The molecule has 1 fully saturated rings. The third kappa shape index (κ3) is 3.76. The van der Waals surface area contributed by atoms with Gasteiger partial charge in [-0.1, -0.05) is 26.7 Å². The van der Waals surface area contributed by atoms with Gasteiger partial charge in [-0.2, -0.15) is 0 Å². The Hall–Kier alpha value is -0.0800. The van der Waals surface area contributed by atoms with Crippen molar-refractivity contribution in [1.82, 2.24) is 10.4 Å². The summed E-state index contributed by atoms with van der Waals surface area (Å²) < 4.78 is 0. The van der Waals surface area contributed by atoms with Crippen LogP contribution >= 0.6 is 0 Å². The van der Waals surface area contributed by atoms with Crippen LogP contribution in [0.4, 0.5) is 0 Å². The first-order valence-electron chi connectivity index (χ1n) is 6.73. The van der Waals surface area contributed by atoms with Gasteiger partial charge in [-0.25, -0.2) is 5.01 Å². The molecular weight excluding hydrogens is 184 g/mol. The molecule has 3 atom stereocenters. The third-order valence-corrected chi connectivity index (χ3v) is 3.66. The molecule has 2 nitrogen and oxygen atoms in total. The van der Waals surface area contributed by atoms with E-state index in [2.05, 4.69) is 38.1 Å². The molecule has 0 aliphatic carbocycles. The highest BCUT2D eigenvalue weighted by Crippen LogP contribution is 2.21. The van der Waals surface area contributed by atoms with Crippen LogP contribution in [0.2, 0.25) is 0 Å². The van der Waals surface area contributed by atoms with E-state index in [9.17, 15) is 0 Å². The van der Waals surface area contributed by atoms with Gasteiger partial charge in [-0.05, 0) is 39.5 Å². The Morgan fingerprint density at radius 1 is 1.20 bits per heavy atom. The zero-order chi connectivity index (χ0) is 11.3. The highest BCUT2D eigenvalue weighted by molar-refractivity contribution is 4.78. The van der Waals surface area contributed by atoms with Crippen molar-refractivity contribution < 1.29 is 0 Å². The molecule has 1 aliphatic rings. The molecule has 1 heterocycles. The minimum absolute atomic E-state index is 0.679. The van der Waals surface area contributed by atoms with Crippen molar-refractivity contribution in [3.63, 3.8) is 0 Å². The molecular formula is C13H28N2. The molecule has 1 rings (SSSR count). The number of nitrogens with one attached hydrogen (secondary N) is 1. The number of rotatable bonds is 5. The quantitative estimate of drug-likeness (QED) is 0.752. The van der Waals surface area contributed by atoms with Gasteiger partial charge in [0.25, 0.3) is 0 Å². The van der Waals surface area contributed by atoms with E-state index in [0.29, 0.717) is 18.1 Å². The summed E-state index contributed by atoms with van der Waals surface area (Å²) in [6, 6.07) is 2.09. The second-order valence-electron chi connectivity index (χ2n) is 5.06. The van der Waals surface area contributed by atoms with Gasteiger partial charge in [0.05, 0.1) is 0 Å². The molecule has 3 unspecified atom stereocenters. The van der Waals surface area contributed by atoms with Gasteiger partial charge in [0, 0.05) is 18.1 Å². The lowest BCUT2D eigenvalue weighted by molar-refractivity contribution is 0.0271. The normalized spacial score (nSPS) is 30.4. The molecule has 1 aliphatic heterocycles. The van der Waals surface area contributed by atoms with Crippen molar-refractivity contribution >= 4 is 0 Å². The molecule has 90 valence electrons. The topological polar surface area (TPSA) is 15.3 Å². The molecule has 0 bridgehead atoms. The molecule has 15 heavy (non-hydrogen) atoms. The summed E-state index contributed by atoms with van der Waals surface area (Å²) in [5.74, 6) is 0. The van der Waals surface area contributed by atoms with Gasteiger partial charge >= 0.3 is 0 Å². The minimum Gasteiger partial charge on any atom is -0.252 e. The van der Waals surface area contributed by atoms with Crippen molar-refractivity contribution in [2.75, 3.05) is 0 Å². The average Bonchev–Trinajstić information content (AvgIpc) is 2.22. The van der Waals surface area contributed by atoms with E-state index in [1.807, 2.05) is 0 Å². The van der Waals surface area contributed by atoms with Crippen molar-refractivity contribution in [2.24, 2.45) is 0 Å². The summed E-state index contributed by atoms with van der Waals surface area (Å²) in [7, 11) is 0. The fourth-order valence-corrected chi connectivity index (χ4v) is 2.59. The highest BCUT2D eigenvalue weighted by atomic mass is 15.5. The fourth-order valence-electron chi connectivity index (χ4n) is 2.59. The lowest BCUT2D eigenvalue weighted by Crippen LogP contribution is -2.55. The number of hydrogen-bond acceptors (Lipinski definition) is 2. The molecule has 0 spiro atoms. The lowest BCUT2D eigenvalue weighted by atomic mass is 9.99. The van der Waals surface area contributed by atoms with Gasteiger partial charge < -0.3 is 0 Å². The number of hydrogen-bond donors (Lipinski definition) is 1. The van der Waals surface area contributed by atoms with Gasteiger partial charge in [-0.15, -0.1) is 0 Å². The number of piperidine rings is 1. The highest BCUT2D eigenvalue weighted by Gasteiger charge is 2.25. The second kappa shape index (κ2) is 6.49. The SMILES string of the molecule is CCCC(CC)NN1C(C)CCCC1C. The smallest absolute Gasteiger partial charge is 0.0218 e. The Morgan fingerprint density at radius 3 is 2.27 bits per heavy atom. The fraction of sp³-hybridized carbons (Fsp3) is 1.00. The maximum atomic E-state index is 3.74. The Morgan fingerprint density at radius 2 is 1.80 bits per heavy atom. The van der Waals surface area contributed by atoms with Crippen LogP contribution in [0.1, 0.15) is 66.2 Å². The molecule has 0 saturated carbocycles. The van der Waals surface area contributed by atoms with E-state index in [-0.39, 0.29) is 0 Å². The van der Waals surface area contributed by atoms with Gasteiger partial charge in [0.2, 0.25) is 0 Å². The molecule has 0 amide bonds. The van der Waals surface area contributed by atoms with Crippen LogP contribution in [0.3, 0.4) is 0 Å². The van der Waals surface area contributed by atoms with E-state index >= 15 is 0 Å². The van der Waals surface area contributed by atoms with Gasteiger partial charge in [-0.3, -0.25) is 5.43 Å². The molecule has 1 N–H and O–H groups in total. The predicted octanol–water partition coefficient (Wildman–Crippen LogP) is 3.33. The summed E-state index contributed by atoms with van der Waals surface area (Å²) in [5, 5.41) is 2.51. The van der Waals surface area contributed by atoms with Gasteiger partial charge in [0.15, 0.2) is 0 Å². The van der Waals surface area contributed by atoms with Crippen LogP contribution < -0.4 is 5.43 Å². The Kier molecular flexibility index (Phi) is 5.62. The van der Waals surface area contributed by atoms with Crippen LogP contribution in [-0.4, -0.2) is 23.1 Å². The van der Waals surface area contributed by atoms with Crippen molar-refractivity contribution in [3.05, 3.63) is 0 Å². The van der Waals surface area contributed by atoms with Gasteiger partial charge in [0.1, 0.15) is 0 Å². The Bertz CT molecular complexity index is 160. The number of hydrazine groups is 1. The Labute approximate surface area is 95.4 Å². The van der Waals surface area contributed by atoms with Crippen LogP contribution in [0.15, 0.2) is 0 Å². The zero-order valence-corrected chi connectivity index (χ0v) is 10.9. The summed E-state index contributed by atoms with van der Waals surface area (Å²) in [4.78, 5) is 0. The standard InChI is InChI=1S/C13H28N2/c1-5-8-13(6-2)14-15-11(3)9-7-10-12(15)4/h11-14H,5-10H2,1-4H3. The minimum atomic E-state index is 0.679. The maximum absolute atomic E-state index is 3.74. The van der Waals surface area contributed by atoms with Crippen LogP contribution in [-0.2, 0) is 0 Å². The molecule has 0 aromatic heterocycles. The van der Waals surface area contributed by atoms with Crippen molar-refractivity contribution in [3.8, 4) is 0 Å². The molecule has 1 saturated heterocycles. The van der Waals surface area contributed by atoms with E-state index in [0.717, 1.165) is 0 Å². The van der Waals surface area contributed by atoms with E-state index in [4.69, 9.17) is 0 Å². The number of nitrogens with zero attached hydrogens (tertiary/aromatic N) is 1. The van der Waals surface area contributed by atoms with Crippen molar-refractivity contribution in [2.45, 2.75) is 84.3 Å². The predicted molar refractivity (Wildman–Crippen MR) is 66.7 cm³/mol. The summed E-state index contributed by atoms with van der Waals surface area (Å²) in [6.07, 6.45) is 7.91. The first-order valence-corrected chi connectivity index (χ1v) is 6.73. The molecule has 0 aromatic carbocycles. The summed E-state index contributed by atoms with van der Waals surface area (Å²) >= 11 is 0. The first kappa shape index (κ1) is 13.0. The van der Waals surface area contributed by atoms with Crippen LogP contribution in [0, 0.1) is 0 Å². The second-order valence-corrected chi connectivity index (χ2v) is 5.06. The zero-order valence-electron chi connectivity index (χ0n) is 10.9. The summed E-state index contributed by atoms with van der Waals surface area (Å²) in [6.45, 7) is 9.25. The van der Waals surface area contributed by atoms with Crippen LogP contribution in [0.5, 0.6) is 0 Å². The molecule has 0 radical (unpaired) electrons. The monoisotopic (exact) mass is 212 g/mol. The maximum Gasteiger partial charge on any atom is 0.0218 e. The van der Waals surface area contributed by atoms with Crippen molar-refractivity contribution in [1.29, 1.82) is 0 Å². The Balaban J connectivity index is 2.45. The largest absolute Gasteiger partial charge is 0.252 e. The van der Waals surface area contributed by atoms with E-state index in [1.54, 1.807) is 0 Å². The van der Waals surface area contributed by atoms with E-state index < -0.39 is 0 Å². The lowest BCUT2D eigenvalue weighted by Gasteiger charge is -2.41.